The number of aryl methyl sites for hydroxylation is 1. The third-order valence-electron chi connectivity index (χ3n) is 2.70. The minimum atomic E-state index is 0.612. The first-order valence-corrected chi connectivity index (χ1v) is 5.57. The molecule has 78 valence electrons. The predicted octanol–water partition coefficient (Wildman–Crippen LogP) is 3.14. The lowest BCUT2D eigenvalue weighted by molar-refractivity contribution is 0.534. The van der Waals surface area contributed by atoms with Gasteiger partial charge < -0.3 is 5.32 Å². The highest BCUT2D eigenvalue weighted by atomic mass is 14.9. The summed E-state index contributed by atoms with van der Waals surface area (Å²) in [5.41, 5.74) is 2.79. The Hall–Kier alpha value is -0.820. The molecule has 1 unspecified atom stereocenters. The maximum absolute atomic E-state index is 3.49. The molecule has 1 aromatic rings. The molecule has 0 amide bonds. The molecule has 0 saturated carbocycles. The molecule has 0 heterocycles. The van der Waals surface area contributed by atoms with Gasteiger partial charge in [-0.15, -0.1) is 0 Å². The van der Waals surface area contributed by atoms with Crippen molar-refractivity contribution in [3.63, 3.8) is 0 Å². The van der Waals surface area contributed by atoms with Crippen LogP contribution in [0.4, 0.5) is 0 Å². The van der Waals surface area contributed by atoms with Gasteiger partial charge in [-0.1, -0.05) is 38.1 Å². The molecule has 1 nitrogen and oxygen atoms in total. The molecule has 1 rings (SSSR count). The zero-order valence-corrected chi connectivity index (χ0v) is 9.51. The number of hydrogen-bond donors (Lipinski definition) is 1. The smallest absolute Gasteiger partial charge is 0.0207 e. The van der Waals surface area contributed by atoms with E-state index >= 15 is 0 Å². The molecule has 0 aliphatic heterocycles. The standard InChI is InChI=1S/C13H21N/c1-4-11(3)14-10-13-8-6-12(5-2)7-9-13/h6-9,11,14H,4-5,10H2,1-3H3. The highest BCUT2D eigenvalue weighted by Gasteiger charge is 1.97. The van der Waals surface area contributed by atoms with Crippen molar-refractivity contribution in [2.24, 2.45) is 0 Å². The number of nitrogens with one attached hydrogen (secondary N) is 1. The maximum Gasteiger partial charge on any atom is 0.0207 e. The zero-order chi connectivity index (χ0) is 10.4. The molecular formula is C13H21N. The Labute approximate surface area is 87.5 Å². The van der Waals surface area contributed by atoms with Gasteiger partial charge in [0.25, 0.3) is 0 Å². The van der Waals surface area contributed by atoms with Gasteiger partial charge in [0.05, 0.1) is 0 Å². The lowest BCUT2D eigenvalue weighted by Crippen LogP contribution is -2.24. The van der Waals surface area contributed by atoms with E-state index in [1.807, 2.05) is 0 Å². The molecule has 1 N–H and O–H groups in total. The highest BCUT2D eigenvalue weighted by Crippen LogP contribution is 2.05. The SMILES string of the molecule is CCc1ccc(CNC(C)CC)cc1. The van der Waals surface area contributed by atoms with Crippen LogP contribution in [-0.2, 0) is 13.0 Å². The van der Waals surface area contributed by atoms with Crippen molar-refractivity contribution in [1.82, 2.24) is 5.32 Å². The van der Waals surface area contributed by atoms with Crippen LogP contribution in [0.5, 0.6) is 0 Å². The van der Waals surface area contributed by atoms with Crippen molar-refractivity contribution >= 4 is 0 Å². The molecule has 0 fully saturated rings. The van der Waals surface area contributed by atoms with Gasteiger partial charge in [-0.25, -0.2) is 0 Å². The summed E-state index contributed by atoms with van der Waals surface area (Å²) in [5, 5.41) is 3.49. The third kappa shape index (κ3) is 3.51. The molecule has 0 aliphatic rings. The lowest BCUT2D eigenvalue weighted by Gasteiger charge is -2.11. The summed E-state index contributed by atoms with van der Waals surface area (Å²) in [7, 11) is 0. The number of rotatable bonds is 5. The fourth-order valence-electron chi connectivity index (χ4n) is 1.33. The van der Waals surface area contributed by atoms with E-state index < -0.39 is 0 Å². The molecular weight excluding hydrogens is 170 g/mol. The minimum absolute atomic E-state index is 0.612. The lowest BCUT2D eigenvalue weighted by atomic mass is 10.1. The highest BCUT2D eigenvalue weighted by molar-refractivity contribution is 5.22. The van der Waals surface area contributed by atoms with Crippen LogP contribution < -0.4 is 5.32 Å². The predicted molar refractivity (Wildman–Crippen MR) is 62.4 cm³/mol. The van der Waals surface area contributed by atoms with Gasteiger partial charge >= 0.3 is 0 Å². The van der Waals surface area contributed by atoms with Crippen molar-refractivity contribution in [2.45, 2.75) is 46.2 Å². The normalized spacial score (nSPS) is 12.8. The van der Waals surface area contributed by atoms with E-state index in [0.29, 0.717) is 6.04 Å². The summed E-state index contributed by atoms with van der Waals surface area (Å²) < 4.78 is 0. The van der Waals surface area contributed by atoms with Crippen LogP contribution in [0.2, 0.25) is 0 Å². The molecule has 0 aliphatic carbocycles. The van der Waals surface area contributed by atoms with Crippen LogP contribution in [-0.4, -0.2) is 6.04 Å². The summed E-state index contributed by atoms with van der Waals surface area (Å²) in [6.45, 7) is 7.60. The zero-order valence-electron chi connectivity index (χ0n) is 9.51. The van der Waals surface area contributed by atoms with Crippen LogP contribution in [0.3, 0.4) is 0 Å². The van der Waals surface area contributed by atoms with Gasteiger partial charge in [0.2, 0.25) is 0 Å². The van der Waals surface area contributed by atoms with E-state index in [-0.39, 0.29) is 0 Å². The Morgan fingerprint density at radius 2 is 1.64 bits per heavy atom. The van der Waals surface area contributed by atoms with Crippen molar-refractivity contribution in [1.29, 1.82) is 0 Å². The Kier molecular flexibility index (Phi) is 4.68. The van der Waals surface area contributed by atoms with Gasteiger partial charge in [0.1, 0.15) is 0 Å². The van der Waals surface area contributed by atoms with Crippen molar-refractivity contribution in [3.8, 4) is 0 Å². The molecule has 0 spiro atoms. The summed E-state index contributed by atoms with van der Waals surface area (Å²) in [6.07, 6.45) is 2.31. The van der Waals surface area contributed by atoms with E-state index in [2.05, 4.69) is 50.4 Å². The Bertz CT molecular complexity index is 250. The number of hydrogen-bond acceptors (Lipinski definition) is 1. The van der Waals surface area contributed by atoms with Crippen molar-refractivity contribution in [3.05, 3.63) is 35.4 Å². The van der Waals surface area contributed by atoms with E-state index in [4.69, 9.17) is 0 Å². The molecule has 1 aromatic carbocycles. The van der Waals surface area contributed by atoms with E-state index in [0.717, 1.165) is 13.0 Å². The fourth-order valence-corrected chi connectivity index (χ4v) is 1.33. The molecule has 1 atom stereocenters. The minimum Gasteiger partial charge on any atom is -0.310 e. The average Bonchev–Trinajstić information content (AvgIpc) is 2.26. The van der Waals surface area contributed by atoms with Crippen LogP contribution >= 0.6 is 0 Å². The molecule has 0 radical (unpaired) electrons. The Balaban J connectivity index is 2.43. The van der Waals surface area contributed by atoms with Gasteiger partial charge in [-0.2, -0.15) is 0 Å². The van der Waals surface area contributed by atoms with Crippen LogP contribution in [0.1, 0.15) is 38.3 Å². The molecule has 0 aromatic heterocycles. The Morgan fingerprint density at radius 3 is 2.14 bits per heavy atom. The summed E-state index contributed by atoms with van der Waals surface area (Å²) in [6, 6.07) is 9.48. The second-order valence-electron chi connectivity index (χ2n) is 3.86. The first-order valence-electron chi connectivity index (χ1n) is 5.57. The molecule has 1 heteroatoms. The number of benzene rings is 1. The summed E-state index contributed by atoms with van der Waals surface area (Å²) in [5.74, 6) is 0. The largest absolute Gasteiger partial charge is 0.310 e. The van der Waals surface area contributed by atoms with E-state index in [1.54, 1.807) is 0 Å². The average molecular weight is 191 g/mol. The molecule has 0 saturated heterocycles. The van der Waals surface area contributed by atoms with Crippen molar-refractivity contribution < 1.29 is 0 Å². The van der Waals surface area contributed by atoms with Gasteiger partial charge in [0, 0.05) is 12.6 Å². The van der Waals surface area contributed by atoms with Crippen LogP contribution in [0.15, 0.2) is 24.3 Å². The summed E-state index contributed by atoms with van der Waals surface area (Å²) in [4.78, 5) is 0. The summed E-state index contributed by atoms with van der Waals surface area (Å²) >= 11 is 0. The van der Waals surface area contributed by atoms with Gasteiger partial charge in [-0.3, -0.25) is 0 Å². The van der Waals surface area contributed by atoms with Gasteiger partial charge in [0.15, 0.2) is 0 Å². The van der Waals surface area contributed by atoms with Crippen LogP contribution in [0, 0.1) is 0 Å². The fraction of sp³-hybridized carbons (Fsp3) is 0.538. The second kappa shape index (κ2) is 5.82. The first-order chi connectivity index (χ1) is 6.76. The second-order valence-corrected chi connectivity index (χ2v) is 3.86. The molecule has 0 bridgehead atoms. The molecule has 14 heavy (non-hydrogen) atoms. The quantitative estimate of drug-likeness (QED) is 0.754. The van der Waals surface area contributed by atoms with E-state index in [1.165, 1.54) is 17.5 Å². The topological polar surface area (TPSA) is 12.0 Å². The van der Waals surface area contributed by atoms with Gasteiger partial charge in [-0.05, 0) is 30.9 Å². The third-order valence-corrected chi connectivity index (χ3v) is 2.70. The Morgan fingerprint density at radius 1 is 1.07 bits per heavy atom. The van der Waals surface area contributed by atoms with Crippen molar-refractivity contribution in [2.75, 3.05) is 0 Å². The first kappa shape index (κ1) is 11.3. The van der Waals surface area contributed by atoms with Crippen LogP contribution in [0.25, 0.3) is 0 Å². The maximum atomic E-state index is 3.49. The monoisotopic (exact) mass is 191 g/mol. The van der Waals surface area contributed by atoms with E-state index in [9.17, 15) is 0 Å².